The first kappa shape index (κ1) is 17.9. The van der Waals surface area contributed by atoms with Crippen LogP contribution >= 0.6 is 0 Å². The summed E-state index contributed by atoms with van der Waals surface area (Å²) in [5.41, 5.74) is 9.79. The van der Waals surface area contributed by atoms with E-state index < -0.39 is 0 Å². The van der Waals surface area contributed by atoms with E-state index in [4.69, 9.17) is 4.74 Å². The van der Waals surface area contributed by atoms with Gasteiger partial charge in [0.2, 0.25) is 0 Å². The van der Waals surface area contributed by atoms with Crippen LogP contribution in [0.2, 0.25) is 0 Å². The summed E-state index contributed by atoms with van der Waals surface area (Å²) in [5, 5.41) is 0. The lowest BCUT2D eigenvalue weighted by atomic mass is 9.67. The number of fused-ring (bicyclic) bond motifs is 2. The van der Waals surface area contributed by atoms with E-state index in [1.165, 1.54) is 38.9 Å². The normalized spacial score (nSPS) is 18.1. The molecular weight excluding hydrogens is 328 g/mol. The minimum absolute atomic E-state index is 0.210. The number of benzene rings is 3. The third-order valence-corrected chi connectivity index (χ3v) is 6.12. The lowest BCUT2D eigenvalue weighted by Crippen LogP contribution is -2.21. The van der Waals surface area contributed by atoms with Crippen LogP contribution in [0.3, 0.4) is 0 Å². The van der Waals surface area contributed by atoms with Gasteiger partial charge in [0, 0.05) is 17.4 Å². The van der Waals surface area contributed by atoms with Gasteiger partial charge in [-0.05, 0) is 52.3 Å². The predicted molar refractivity (Wildman–Crippen MR) is 113 cm³/mol. The van der Waals surface area contributed by atoms with E-state index in [1.807, 2.05) is 0 Å². The molecule has 0 heterocycles. The second-order valence-corrected chi connectivity index (χ2v) is 7.98. The first-order valence-electron chi connectivity index (χ1n) is 9.89. The van der Waals surface area contributed by atoms with Gasteiger partial charge >= 0.3 is 0 Å². The SMILES string of the molecule is COc1ccc(C(C)C)c2c1C(c1ccccc1C)c1ccccc1C2C. The molecule has 4 rings (SSSR count). The first-order valence-corrected chi connectivity index (χ1v) is 9.89. The molecule has 0 spiro atoms. The van der Waals surface area contributed by atoms with Gasteiger partial charge in [-0.3, -0.25) is 0 Å². The summed E-state index contributed by atoms with van der Waals surface area (Å²) in [6.07, 6.45) is 0. The molecule has 0 bridgehead atoms. The summed E-state index contributed by atoms with van der Waals surface area (Å²) < 4.78 is 5.90. The van der Waals surface area contributed by atoms with E-state index in [-0.39, 0.29) is 5.92 Å². The van der Waals surface area contributed by atoms with Crippen LogP contribution in [0.5, 0.6) is 5.75 Å². The van der Waals surface area contributed by atoms with Gasteiger partial charge in [0.1, 0.15) is 5.75 Å². The highest BCUT2D eigenvalue weighted by Crippen LogP contribution is 2.51. The molecule has 0 fully saturated rings. The van der Waals surface area contributed by atoms with Crippen molar-refractivity contribution in [1.29, 1.82) is 0 Å². The summed E-state index contributed by atoms with van der Waals surface area (Å²) in [6.45, 7) is 9.14. The summed E-state index contributed by atoms with van der Waals surface area (Å²) in [5.74, 6) is 2.06. The molecule has 138 valence electrons. The smallest absolute Gasteiger partial charge is 0.123 e. The molecule has 0 aromatic heterocycles. The topological polar surface area (TPSA) is 9.23 Å². The Labute approximate surface area is 163 Å². The van der Waals surface area contributed by atoms with E-state index in [0.29, 0.717) is 11.8 Å². The average molecular weight is 357 g/mol. The van der Waals surface area contributed by atoms with Gasteiger partial charge in [0.25, 0.3) is 0 Å². The van der Waals surface area contributed by atoms with Crippen molar-refractivity contribution in [2.24, 2.45) is 0 Å². The third kappa shape index (κ3) is 2.77. The van der Waals surface area contributed by atoms with Gasteiger partial charge in [-0.1, -0.05) is 75.4 Å². The van der Waals surface area contributed by atoms with Crippen molar-refractivity contribution in [3.05, 3.63) is 99.6 Å². The summed E-state index contributed by atoms with van der Waals surface area (Å²) in [6, 6.07) is 22.1. The van der Waals surface area contributed by atoms with Crippen LogP contribution in [-0.2, 0) is 0 Å². The van der Waals surface area contributed by atoms with Crippen LogP contribution in [-0.4, -0.2) is 7.11 Å². The molecule has 0 aliphatic heterocycles. The Kier molecular flexibility index (Phi) is 4.55. The number of hydrogen-bond donors (Lipinski definition) is 0. The Hall–Kier alpha value is -2.54. The maximum atomic E-state index is 5.90. The molecule has 0 saturated carbocycles. The highest BCUT2D eigenvalue weighted by atomic mass is 16.5. The van der Waals surface area contributed by atoms with Gasteiger partial charge in [-0.25, -0.2) is 0 Å². The fourth-order valence-electron chi connectivity index (χ4n) is 4.81. The molecule has 0 radical (unpaired) electrons. The van der Waals surface area contributed by atoms with Gasteiger partial charge in [-0.15, -0.1) is 0 Å². The molecule has 1 aliphatic rings. The van der Waals surface area contributed by atoms with E-state index in [2.05, 4.69) is 88.4 Å². The second kappa shape index (κ2) is 6.88. The van der Waals surface area contributed by atoms with Crippen molar-refractivity contribution in [1.82, 2.24) is 0 Å². The van der Waals surface area contributed by atoms with Crippen molar-refractivity contribution in [3.8, 4) is 5.75 Å². The lowest BCUT2D eigenvalue weighted by Gasteiger charge is -2.37. The third-order valence-electron chi connectivity index (χ3n) is 6.12. The Morgan fingerprint density at radius 3 is 2.04 bits per heavy atom. The Morgan fingerprint density at radius 1 is 0.778 bits per heavy atom. The standard InChI is InChI=1S/C26H28O/c1-16(2)19-14-15-23(27-5)26-24(19)18(4)21-12-8-9-13-22(21)25(26)20-11-7-6-10-17(20)3/h6-16,18,25H,1-5H3. The van der Waals surface area contributed by atoms with Crippen molar-refractivity contribution in [2.75, 3.05) is 7.11 Å². The number of aryl methyl sites for hydroxylation is 1. The fraction of sp³-hybridized carbons (Fsp3) is 0.308. The van der Waals surface area contributed by atoms with E-state index in [1.54, 1.807) is 7.11 Å². The monoisotopic (exact) mass is 356 g/mol. The van der Waals surface area contributed by atoms with Crippen molar-refractivity contribution < 1.29 is 4.74 Å². The average Bonchev–Trinajstić information content (AvgIpc) is 2.68. The van der Waals surface area contributed by atoms with Gasteiger partial charge < -0.3 is 4.74 Å². The summed E-state index contributed by atoms with van der Waals surface area (Å²) >= 11 is 0. The minimum atomic E-state index is 0.210. The van der Waals surface area contributed by atoms with Crippen molar-refractivity contribution in [2.45, 2.75) is 45.4 Å². The van der Waals surface area contributed by atoms with Crippen LogP contribution in [0, 0.1) is 6.92 Å². The van der Waals surface area contributed by atoms with Gasteiger partial charge in [0.15, 0.2) is 0 Å². The molecule has 2 atom stereocenters. The van der Waals surface area contributed by atoms with Crippen LogP contribution in [0.25, 0.3) is 0 Å². The van der Waals surface area contributed by atoms with E-state index in [9.17, 15) is 0 Å². The fourth-order valence-corrected chi connectivity index (χ4v) is 4.81. The molecule has 1 heteroatoms. The number of rotatable bonds is 3. The summed E-state index contributed by atoms with van der Waals surface area (Å²) in [7, 11) is 1.80. The zero-order chi connectivity index (χ0) is 19.1. The molecule has 3 aromatic carbocycles. The van der Waals surface area contributed by atoms with Crippen molar-refractivity contribution in [3.63, 3.8) is 0 Å². The molecule has 0 amide bonds. The molecular formula is C26H28O. The molecule has 27 heavy (non-hydrogen) atoms. The predicted octanol–water partition coefficient (Wildman–Crippen LogP) is 6.77. The zero-order valence-electron chi connectivity index (χ0n) is 16.9. The second-order valence-electron chi connectivity index (χ2n) is 7.98. The number of hydrogen-bond acceptors (Lipinski definition) is 1. The molecule has 3 aromatic rings. The molecule has 0 N–H and O–H groups in total. The molecule has 0 saturated heterocycles. The maximum absolute atomic E-state index is 5.90. The van der Waals surface area contributed by atoms with Gasteiger partial charge in [-0.2, -0.15) is 0 Å². The number of methoxy groups -OCH3 is 1. The van der Waals surface area contributed by atoms with E-state index >= 15 is 0 Å². The summed E-state index contributed by atoms with van der Waals surface area (Å²) in [4.78, 5) is 0. The Bertz CT molecular complexity index is 983. The van der Waals surface area contributed by atoms with Crippen molar-refractivity contribution >= 4 is 0 Å². The Morgan fingerprint density at radius 2 is 1.41 bits per heavy atom. The highest BCUT2D eigenvalue weighted by molar-refractivity contribution is 5.64. The van der Waals surface area contributed by atoms with Crippen LogP contribution in [0.15, 0.2) is 60.7 Å². The largest absolute Gasteiger partial charge is 0.496 e. The molecule has 1 nitrogen and oxygen atoms in total. The van der Waals surface area contributed by atoms with Crippen LogP contribution < -0.4 is 4.74 Å². The number of ether oxygens (including phenoxy) is 1. The van der Waals surface area contributed by atoms with Crippen LogP contribution in [0.1, 0.15) is 77.5 Å². The highest BCUT2D eigenvalue weighted by Gasteiger charge is 2.35. The quantitative estimate of drug-likeness (QED) is 0.503. The van der Waals surface area contributed by atoms with E-state index in [0.717, 1.165) is 5.75 Å². The molecule has 2 unspecified atom stereocenters. The Balaban J connectivity index is 2.11. The van der Waals surface area contributed by atoms with Crippen LogP contribution in [0.4, 0.5) is 0 Å². The minimum Gasteiger partial charge on any atom is -0.496 e. The maximum Gasteiger partial charge on any atom is 0.123 e. The zero-order valence-corrected chi connectivity index (χ0v) is 16.9. The molecule has 1 aliphatic carbocycles. The van der Waals surface area contributed by atoms with Gasteiger partial charge in [0.05, 0.1) is 7.11 Å². The lowest BCUT2D eigenvalue weighted by molar-refractivity contribution is 0.406. The first-order chi connectivity index (χ1) is 13.0.